The van der Waals surface area contributed by atoms with Crippen molar-refractivity contribution in [3.8, 4) is 11.5 Å². The highest BCUT2D eigenvalue weighted by Crippen LogP contribution is 2.12. The third-order valence-electron chi connectivity index (χ3n) is 2.14. The maximum absolute atomic E-state index is 5.13. The number of aromatic amines is 1. The lowest BCUT2D eigenvalue weighted by molar-refractivity contribution is 0.364. The van der Waals surface area contributed by atoms with Crippen LogP contribution in [-0.4, -0.2) is 21.7 Å². The van der Waals surface area contributed by atoms with Gasteiger partial charge < -0.3 is 14.8 Å². The van der Waals surface area contributed by atoms with E-state index in [4.69, 9.17) is 4.52 Å². The Morgan fingerprint density at radius 1 is 1.50 bits per heavy atom. The Labute approximate surface area is 94.3 Å². The molecule has 0 amide bonds. The molecule has 86 valence electrons. The third-order valence-corrected chi connectivity index (χ3v) is 2.14. The molecule has 0 atom stereocenters. The second kappa shape index (κ2) is 4.94. The van der Waals surface area contributed by atoms with Crippen LogP contribution in [0.3, 0.4) is 0 Å². The number of H-pyrrole nitrogens is 1. The molecule has 5 heteroatoms. The Hall–Kier alpha value is -1.62. The summed E-state index contributed by atoms with van der Waals surface area (Å²) in [5.41, 5.74) is 0.874. The van der Waals surface area contributed by atoms with E-state index in [0.717, 1.165) is 12.2 Å². The molecule has 0 unspecified atom stereocenters. The molecule has 5 nitrogen and oxygen atoms in total. The molecule has 2 rings (SSSR count). The van der Waals surface area contributed by atoms with E-state index in [0.29, 0.717) is 24.2 Å². The second-order valence-electron chi connectivity index (χ2n) is 4.12. The van der Waals surface area contributed by atoms with Crippen molar-refractivity contribution in [1.29, 1.82) is 0 Å². The van der Waals surface area contributed by atoms with E-state index in [-0.39, 0.29) is 0 Å². The van der Waals surface area contributed by atoms with Crippen LogP contribution in [0, 0.1) is 5.92 Å². The SMILES string of the molecule is CC(C)CNCc1nc(-c2ccc[nH]2)no1. The van der Waals surface area contributed by atoms with Crippen LogP contribution in [-0.2, 0) is 6.54 Å². The van der Waals surface area contributed by atoms with Crippen molar-refractivity contribution in [3.05, 3.63) is 24.2 Å². The van der Waals surface area contributed by atoms with Gasteiger partial charge in [-0.25, -0.2) is 0 Å². The van der Waals surface area contributed by atoms with Crippen molar-refractivity contribution in [2.45, 2.75) is 20.4 Å². The van der Waals surface area contributed by atoms with Crippen LogP contribution in [0.1, 0.15) is 19.7 Å². The quantitative estimate of drug-likeness (QED) is 0.806. The van der Waals surface area contributed by atoms with Gasteiger partial charge in [-0.05, 0) is 24.6 Å². The highest BCUT2D eigenvalue weighted by atomic mass is 16.5. The molecule has 0 aliphatic rings. The topological polar surface area (TPSA) is 66.7 Å². The van der Waals surface area contributed by atoms with Gasteiger partial charge in [-0.15, -0.1) is 0 Å². The number of nitrogens with zero attached hydrogens (tertiary/aromatic N) is 2. The zero-order chi connectivity index (χ0) is 11.4. The summed E-state index contributed by atoms with van der Waals surface area (Å²) >= 11 is 0. The Morgan fingerprint density at radius 2 is 2.38 bits per heavy atom. The predicted molar refractivity (Wildman–Crippen MR) is 60.6 cm³/mol. The van der Waals surface area contributed by atoms with Gasteiger partial charge in [0.15, 0.2) is 0 Å². The van der Waals surface area contributed by atoms with E-state index in [9.17, 15) is 0 Å². The minimum absolute atomic E-state index is 0.603. The molecule has 0 aromatic carbocycles. The zero-order valence-corrected chi connectivity index (χ0v) is 9.53. The van der Waals surface area contributed by atoms with Gasteiger partial charge in [-0.3, -0.25) is 0 Å². The smallest absolute Gasteiger partial charge is 0.240 e. The molecule has 2 N–H and O–H groups in total. The van der Waals surface area contributed by atoms with Crippen molar-refractivity contribution in [1.82, 2.24) is 20.4 Å². The minimum Gasteiger partial charge on any atom is -0.359 e. The molecule has 2 heterocycles. The normalized spacial score (nSPS) is 11.2. The maximum atomic E-state index is 5.13. The van der Waals surface area contributed by atoms with E-state index < -0.39 is 0 Å². The summed E-state index contributed by atoms with van der Waals surface area (Å²) < 4.78 is 5.13. The molecule has 0 bridgehead atoms. The summed E-state index contributed by atoms with van der Waals surface area (Å²) in [6, 6.07) is 3.82. The molecule has 16 heavy (non-hydrogen) atoms. The second-order valence-corrected chi connectivity index (χ2v) is 4.12. The van der Waals surface area contributed by atoms with Crippen molar-refractivity contribution in [2.24, 2.45) is 5.92 Å². The maximum Gasteiger partial charge on any atom is 0.240 e. The van der Waals surface area contributed by atoms with Gasteiger partial charge >= 0.3 is 0 Å². The first-order valence-electron chi connectivity index (χ1n) is 5.43. The van der Waals surface area contributed by atoms with Crippen LogP contribution < -0.4 is 5.32 Å². The van der Waals surface area contributed by atoms with Gasteiger partial charge in [0.25, 0.3) is 0 Å². The fraction of sp³-hybridized carbons (Fsp3) is 0.455. The summed E-state index contributed by atoms with van der Waals surface area (Å²) in [5, 5.41) is 7.15. The monoisotopic (exact) mass is 220 g/mol. The summed E-state index contributed by atoms with van der Waals surface area (Å²) in [7, 11) is 0. The molecule has 2 aromatic heterocycles. The number of nitrogens with one attached hydrogen (secondary N) is 2. The van der Waals surface area contributed by atoms with Crippen molar-refractivity contribution >= 4 is 0 Å². The summed E-state index contributed by atoms with van der Waals surface area (Å²) in [6.07, 6.45) is 1.84. The number of hydrogen-bond donors (Lipinski definition) is 2. The molecule has 0 aliphatic heterocycles. The van der Waals surface area contributed by atoms with E-state index >= 15 is 0 Å². The predicted octanol–water partition coefficient (Wildman–Crippen LogP) is 1.81. The van der Waals surface area contributed by atoms with E-state index in [1.54, 1.807) is 0 Å². The van der Waals surface area contributed by atoms with Gasteiger partial charge in [0.2, 0.25) is 11.7 Å². The van der Waals surface area contributed by atoms with Crippen LogP contribution in [0.15, 0.2) is 22.9 Å². The standard InChI is InChI=1S/C11H16N4O/c1-8(2)6-12-7-10-14-11(15-16-10)9-4-3-5-13-9/h3-5,8,12-13H,6-7H2,1-2H3. The molecule has 0 saturated heterocycles. The first-order chi connectivity index (χ1) is 7.75. The lowest BCUT2D eigenvalue weighted by Crippen LogP contribution is -2.19. The van der Waals surface area contributed by atoms with Crippen molar-refractivity contribution in [2.75, 3.05) is 6.54 Å². The number of aromatic nitrogens is 3. The highest BCUT2D eigenvalue weighted by Gasteiger charge is 2.08. The largest absolute Gasteiger partial charge is 0.359 e. The third kappa shape index (κ3) is 2.70. The zero-order valence-electron chi connectivity index (χ0n) is 9.53. The Balaban J connectivity index is 1.93. The average molecular weight is 220 g/mol. The van der Waals surface area contributed by atoms with E-state index in [1.807, 2.05) is 18.3 Å². The lowest BCUT2D eigenvalue weighted by atomic mass is 10.2. The summed E-state index contributed by atoms with van der Waals surface area (Å²) in [6.45, 7) is 5.88. The summed E-state index contributed by atoms with van der Waals surface area (Å²) in [5.74, 6) is 1.84. The molecule has 0 fully saturated rings. The first kappa shape index (κ1) is 10.9. The fourth-order valence-electron chi connectivity index (χ4n) is 1.37. The molecular formula is C11H16N4O. The van der Waals surface area contributed by atoms with Gasteiger partial charge in [0.05, 0.1) is 12.2 Å². The van der Waals surface area contributed by atoms with E-state index in [2.05, 4.69) is 34.3 Å². The lowest BCUT2D eigenvalue weighted by Gasteiger charge is -2.03. The Bertz CT molecular complexity index is 419. The fourth-order valence-corrected chi connectivity index (χ4v) is 1.37. The molecule has 2 aromatic rings. The van der Waals surface area contributed by atoms with Gasteiger partial charge in [-0.1, -0.05) is 19.0 Å². The highest BCUT2D eigenvalue weighted by molar-refractivity contribution is 5.47. The van der Waals surface area contributed by atoms with E-state index in [1.165, 1.54) is 0 Å². The minimum atomic E-state index is 0.603. The Morgan fingerprint density at radius 3 is 3.06 bits per heavy atom. The average Bonchev–Trinajstić information content (AvgIpc) is 2.85. The van der Waals surface area contributed by atoms with Crippen LogP contribution in [0.5, 0.6) is 0 Å². The summed E-state index contributed by atoms with van der Waals surface area (Å²) in [4.78, 5) is 7.31. The van der Waals surface area contributed by atoms with Gasteiger partial charge in [0, 0.05) is 6.20 Å². The van der Waals surface area contributed by atoms with Crippen LogP contribution >= 0.6 is 0 Å². The van der Waals surface area contributed by atoms with Crippen molar-refractivity contribution in [3.63, 3.8) is 0 Å². The molecule has 0 saturated carbocycles. The number of hydrogen-bond acceptors (Lipinski definition) is 4. The molecule has 0 spiro atoms. The Kier molecular flexibility index (Phi) is 3.36. The first-order valence-corrected chi connectivity index (χ1v) is 5.43. The van der Waals surface area contributed by atoms with Crippen LogP contribution in [0.25, 0.3) is 11.5 Å². The van der Waals surface area contributed by atoms with Gasteiger partial charge in [-0.2, -0.15) is 4.98 Å². The van der Waals surface area contributed by atoms with Gasteiger partial charge in [0.1, 0.15) is 0 Å². The molecule has 0 aliphatic carbocycles. The molecule has 0 radical (unpaired) electrons. The van der Waals surface area contributed by atoms with Crippen molar-refractivity contribution < 1.29 is 4.52 Å². The van der Waals surface area contributed by atoms with Crippen LogP contribution in [0.2, 0.25) is 0 Å². The number of rotatable bonds is 5. The molecular weight excluding hydrogens is 204 g/mol. The van der Waals surface area contributed by atoms with Crippen LogP contribution in [0.4, 0.5) is 0 Å².